The van der Waals surface area contributed by atoms with Crippen LogP contribution in [-0.4, -0.2) is 17.1 Å². The van der Waals surface area contributed by atoms with E-state index >= 15 is 0 Å². The van der Waals surface area contributed by atoms with E-state index in [-0.39, 0.29) is 17.9 Å². The van der Waals surface area contributed by atoms with E-state index in [1.807, 2.05) is 6.92 Å². The van der Waals surface area contributed by atoms with Crippen LogP contribution in [0, 0.1) is 11.8 Å². The van der Waals surface area contributed by atoms with Gasteiger partial charge in [-0.25, -0.2) is 0 Å². The average molecular weight is 143 g/mol. The Balaban J connectivity index is 2.63. The van der Waals surface area contributed by atoms with Gasteiger partial charge in [0.25, 0.3) is 0 Å². The van der Waals surface area contributed by atoms with Gasteiger partial charge in [0.15, 0.2) is 0 Å². The summed E-state index contributed by atoms with van der Waals surface area (Å²) in [5, 5.41) is 8.67. The number of carboxylic acid groups (broad SMARTS) is 1. The van der Waals surface area contributed by atoms with E-state index in [4.69, 9.17) is 10.8 Å². The van der Waals surface area contributed by atoms with Crippen molar-refractivity contribution in [3.8, 4) is 0 Å². The Morgan fingerprint density at radius 2 is 2.20 bits per heavy atom. The van der Waals surface area contributed by atoms with Gasteiger partial charge < -0.3 is 10.8 Å². The third kappa shape index (κ3) is 1.14. The predicted octanol–water partition coefficient (Wildman–Crippen LogP) is 0.444. The van der Waals surface area contributed by atoms with Gasteiger partial charge in [0.05, 0.1) is 5.92 Å². The molecule has 1 fully saturated rings. The van der Waals surface area contributed by atoms with Gasteiger partial charge in [0.1, 0.15) is 0 Å². The van der Waals surface area contributed by atoms with E-state index in [0.717, 1.165) is 12.8 Å². The third-order valence-corrected chi connectivity index (χ3v) is 2.31. The highest BCUT2D eigenvalue weighted by atomic mass is 16.4. The maximum Gasteiger partial charge on any atom is 0.308 e. The zero-order valence-electron chi connectivity index (χ0n) is 6.08. The molecule has 1 aliphatic carbocycles. The lowest BCUT2D eigenvalue weighted by atomic mass is 9.96. The van der Waals surface area contributed by atoms with Crippen molar-refractivity contribution in [1.29, 1.82) is 0 Å². The average Bonchev–Trinajstić information content (AvgIpc) is 2.11. The smallest absolute Gasteiger partial charge is 0.308 e. The molecule has 0 unspecified atom stereocenters. The first-order valence-corrected chi connectivity index (χ1v) is 3.61. The monoisotopic (exact) mass is 143 g/mol. The van der Waals surface area contributed by atoms with Gasteiger partial charge in [0.2, 0.25) is 0 Å². The van der Waals surface area contributed by atoms with Gasteiger partial charge in [-0.15, -0.1) is 0 Å². The molecule has 10 heavy (non-hydrogen) atoms. The highest BCUT2D eigenvalue weighted by Crippen LogP contribution is 2.30. The number of carbonyl (C=O) groups is 1. The fourth-order valence-electron chi connectivity index (χ4n) is 1.66. The second-order valence-corrected chi connectivity index (χ2v) is 3.08. The van der Waals surface area contributed by atoms with Crippen LogP contribution in [-0.2, 0) is 4.79 Å². The largest absolute Gasteiger partial charge is 0.481 e. The number of carboxylic acids is 1. The lowest BCUT2D eigenvalue weighted by molar-refractivity contribution is -0.143. The van der Waals surface area contributed by atoms with Gasteiger partial charge in [0, 0.05) is 6.04 Å². The molecule has 58 valence electrons. The van der Waals surface area contributed by atoms with Crippen molar-refractivity contribution in [2.45, 2.75) is 25.8 Å². The fourth-order valence-corrected chi connectivity index (χ4v) is 1.66. The van der Waals surface area contributed by atoms with E-state index in [9.17, 15) is 4.79 Å². The molecule has 0 saturated heterocycles. The number of nitrogens with two attached hydrogens (primary N) is 1. The van der Waals surface area contributed by atoms with Crippen molar-refractivity contribution in [1.82, 2.24) is 0 Å². The number of rotatable bonds is 1. The summed E-state index contributed by atoms with van der Waals surface area (Å²) in [5.41, 5.74) is 5.59. The van der Waals surface area contributed by atoms with Crippen molar-refractivity contribution in [2.75, 3.05) is 0 Å². The first-order chi connectivity index (χ1) is 4.63. The van der Waals surface area contributed by atoms with Crippen LogP contribution >= 0.6 is 0 Å². The minimum atomic E-state index is -0.738. The van der Waals surface area contributed by atoms with E-state index in [1.54, 1.807) is 0 Å². The Morgan fingerprint density at radius 1 is 1.60 bits per heavy atom. The van der Waals surface area contributed by atoms with Gasteiger partial charge in [-0.2, -0.15) is 0 Å². The van der Waals surface area contributed by atoms with E-state index in [0.29, 0.717) is 0 Å². The van der Waals surface area contributed by atoms with Crippen LogP contribution in [0.3, 0.4) is 0 Å². The standard InChI is InChI=1S/C7H13NO2/c1-4-2-3-5(8)6(4)7(9)10/h4-6H,2-3,8H2,1H3,(H,9,10)/t4-,5+,6-/m1/s1. The van der Waals surface area contributed by atoms with Gasteiger partial charge in [-0.05, 0) is 18.8 Å². The van der Waals surface area contributed by atoms with Crippen molar-refractivity contribution in [3.63, 3.8) is 0 Å². The molecule has 1 saturated carbocycles. The van der Waals surface area contributed by atoms with Crippen LogP contribution < -0.4 is 5.73 Å². The predicted molar refractivity (Wildman–Crippen MR) is 37.5 cm³/mol. The first-order valence-electron chi connectivity index (χ1n) is 3.61. The summed E-state index contributed by atoms with van der Waals surface area (Å²) in [6, 6.07) is -0.118. The number of hydrogen-bond acceptors (Lipinski definition) is 2. The number of aliphatic carboxylic acids is 1. The molecular formula is C7H13NO2. The highest BCUT2D eigenvalue weighted by Gasteiger charge is 2.35. The summed E-state index contributed by atoms with van der Waals surface area (Å²) in [7, 11) is 0. The van der Waals surface area contributed by atoms with E-state index < -0.39 is 5.97 Å². The van der Waals surface area contributed by atoms with E-state index in [2.05, 4.69) is 0 Å². The normalized spacial score (nSPS) is 40.0. The van der Waals surface area contributed by atoms with Crippen LogP contribution in [0.25, 0.3) is 0 Å². The van der Waals surface area contributed by atoms with Crippen molar-refractivity contribution in [2.24, 2.45) is 17.6 Å². The summed E-state index contributed by atoms with van der Waals surface area (Å²) in [5.74, 6) is -0.787. The Bertz CT molecular complexity index is 137. The van der Waals surface area contributed by atoms with Crippen LogP contribution in [0.15, 0.2) is 0 Å². The topological polar surface area (TPSA) is 63.3 Å². The first kappa shape index (κ1) is 7.54. The van der Waals surface area contributed by atoms with Gasteiger partial charge in [-0.1, -0.05) is 6.92 Å². The van der Waals surface area contributed by atoms with Crippen LogP contribution in [0.5, 0.6) is 0 Å². The Morgan fingerprint density at radius 3 is 2.40 bits per heavy atom. The molecule has 3 atom stereocenters. The molecule has 0 aliphatic heterocycles. The minimum Gasteiger partial charge on any atom is -0.481 e. The second kappa shape index (κ2) is 2.58. The van der Waals surface area contributed by atoms with Crippen LogP contribution in [0.4, 0.5) is 0 Å². The second-order valence-electron chi connectivity index (χ2n) is 3.08. The molecule has 3 nitrogen and oxygen atoms in total. The SMILES string of the molecule is C[C@@H]1CC[C@H](N)[C@@H]1C(=O)O. The van der Waals surface area contributed by atoms with Crippen molar-refractivity contribution in [3.05, 3.63) is 0 Å². The lowest BCUT2D eigenvalue weighted by Crippen LogP contribution is -2.33. The molecule has 0 heterocycles. The van der Waals surface area contributed by atoms with Crippen LogP contribution in [0.2, 0.25) is 0 Å². The van der Waals surface area contributed by atoms with Crippen molar-refractivity contribution >= 4 is 5.97 Å². The Labute approximate surface area is 60.2 Å². The maximum absolute atomic E-state index is 10.5. The molecule has 3 N–H and O–H groups in total. The molecule has 0 aromatic carbocycles. The van der Waals surface area contributed by atoms with Gasteiger partial charge >= 0.3 is 5.97 Å². The summed E-state index contributed by atoms with van der Waals surface area (Å²) < 4.78 is 0. The third-order valence-electron chi connectivity index (χ3n) is 2.31. The minimum absolute atomic E-state index is 0.118. The summed E-state index contributed by atoms with van der Waals surface area (Å²) in [6.07, 6.45) is 1.82. The zero-order valence-corrected chi connectivity index (χ0v) is 6.08. The summed E-state index contributed by atoms with van der Waals surface area (Å²) >= 11 is 0. The number of hydrogen-bond donors (Lipinski definition) is 2. The molecule has 3 heteroatoms. The lowest BCUT2D eigenvalue weighted by Gasteiger charge is -2.13. The molecule has 0 bridgehead atoms. The Hall–Kier alpha value is -0.570. The molecule has 1 rings (SSSR count). The summed E-state index contributed by atoms with van der Waals surface area (Å²) in [6.45, 7) is 1.95. The zero-order chi connectivity index (χ0) is 7.72. The van der Waals surface area contributed by atoms with Crippen LogP contribution in [0.1, 0.15) is 19.8 Å². The quantitative estimate of drug-likeness (QED) is 0.560. The molecule has 0 aromatic rings. The van der Waals surface area contributed by atoms with Gasteiger partial charge in [-0.3, -0.25) is 4.79 Å². The van der Waals surface area contributed by atoms with Crippen molar-refractivity contribution < 1.29 is 9.90 Å². The summed E-state index contributed by atoms with van der Waals surface area (Å²) in [4.78, 5) is 10.5. The highest BCUT2D eigenvalue weighted by molar-refractivity contribution is 5.71. The van der Waals surface area contributed by atoms with E-state index in [1.165, 1.54) is 0 Å². The molecule has 0 radical (unpaired) electrons. The molecule has 0 spiro atoms. The maximum atomic E-state index is 10.5. The molecule has 0 amide bonds. The molecule has 0 aromatic heterocycles. The molecule has 1 aliphatic rings. The molecular weight excluding hydrogens is 130 g/mol. The fraction of sp³-hybridized carbons (Fsp3) is 0.857. The Kier molecular flexibility index (Phi) is 1.94.